The molecule has 0 radical (unpaired) electrons. The molecule has 2 aromatic carbocycles. The third-order valence-electron chi connectivity index (χ3n) is 6.07. The van der Waals surface area contributed by atoms with E-state index >= 15 is 0 Å². The first-order valence-electron chi connectivity index (χ1n) is 11.3. The molecule has 0 bridgehead atoms. The Morgan fingerprint density at radius 2 is 1.57 bits per heavy atom. The molecule has 2 aromatic rings. The van der Waals surface area contributed by atoms with E-state index in [2.05, 4.69) is 0 Å². The van der Waals surface area contributed by atoms with Gasteiger partial charge in [0.05, 0.1) is 18.8 Å². The van der Waals surface area contributed by atoms with Crippen LogP contribution in [-0.4, -0.2) is 110 Å². The zero-order valence-electron chi connectivity index (χ0n) is 19.4. The molecule has 4 rings (SSSR count). The van der Waals surface area contributed by atoms with E-state index in [1.165, 1.54) is 48.5 Å². The van der Waals surface area contributed by atoms with Crippen LogP contribution in [0.1, 0.15) is 10.4 Å². The fourth-order valence-corrected chi connectivity index (χ4v) is 3.88. The summed E-state index contributed by atoms with van der Waals surface area (Å²) in [6.45, 7) is -1.81. The Morgan fingerprint density at radius 1 is 0.946 bits per heavy atom. The number of phenols is 2. The van der Waals surface area contributed by atoms with E-state index < -0.39 is 74.5 Å². The summed E-state index contributed by atoms with van der Waals surface area (Å²) in [5, 5.41) is 70.8. The number of carbonyl (C=O) groups excluding carboxylic acids is 1. The quantitative estimate of drug-likeness (QED) is 0.199. The standard InChI is InChI=1S/C24H28O13/c25-9-16-17(28)18(29)19(22(36-16)35-15-7-5-14(27)6-8-15)37-23-20(30)24(32,11-34-23)10-33-21(31)12-1-3-13(26)4-2-12/h1-8,16-20,22-23,25-30,32H,9-11H2. The minimum absolute atomic E-state index is 0.0266. The number of benzene rings is 2. The van der Waals surface area contributed by atoms with Crippen LogP contribution in [0.3, 0.4) is 0 Å². The first-order chi connectivity index (χ1) is 17.6. The number of phenolic OH excluding ortho intramolecular Hbond substituents is 2. The lowest BCUT2D eigenvalue weighted by Gasteiger charge is -2.42. The summed E-state index contributed by atoms with van der Waals surface area (Å²) in [7, 11) is 0. The maximum Gasteiger partial charge on any atom is 0.338 e. The number of rotatable bonds is 8. The van der Waals surface area contributed by atoms with E-state index in [0.29, 0.717) is 0 Å². The second kappa shape index (κ2) is 11.2. The van der Waals surface area contributed by atoms with Crippen LogP contribution in [0.15, 0.2) is 48.5 Å². The maximum absolute atomic E-state index is 12.2. The summed E-state index contributed by atoms with van der Waals surface area (Å²) in [6, 6.07) is 10.7. The molecule has 2 heterocycles. The fourth-order valence-electron chi connectivity index (χ4n) is 3.88. The highest BCUT2D eigenvalue weighted by atomic mass is 16.8. The van der Waals surface area contributed by atoms with Gasteiger partial charge < -0.3 is 59.4 Å². The lowest BCUT2D eigenvalue weighted by molar-refractivity contribution is -0.318. The Hall–Kier alpha value is -3.01. The van der Waals surface area contributed by atoms with E-state index in [0.717, 1.165) is 0 Å². The monoisotopic (exact) mass is 524 g/mol. The molecule has 202 valence electrons. The van der Waals surface area contributed by atoms with Crippen molar-refractivity contribution < 1.29 is 64.2 Å². The van der Waals surface area contributed by atoms with Crippen LogP contribution in [0.5, 0.6) is 17.2 Å². The van der Waals surface area contributed by atoms with Gasteiger partial charge in [0, 0.05) is 0 Å². The van der Waals surface area contributed by atoms with Crippen LogP contribution in [0, 0.1) is 0 Å². The zero-order chi connectivity index (χ0) is 26.7. The molecule has 8 atom stereocenters. The summed E-state index contributed by atoms with van der Waals surface area (Å²) in [5.74, 6) is -0.697. The van der Waals surface area contributed by atoms with Gasteiger partial charge in [0.1, 0.15) is 48.3 Å². The van der Waals surface area contributed by atoms with Crippen molar-refractivity contribution in [2.75, 3.05) is 19.8 Å². The molecular formula is C24H28O13. The van der Waals surface area contributed by atoms with E-state index in [-0.39, 0.29) is 22.8 Å². The van der Waals surface area contributed by atoms with Crippen LogP contribution < -0.4 is 4.74 Å². The van der Waals surface area contributed by atoms with E-state index in [4.69, 9.17) is 23.7 Å². The average molecular weight is 524 g/mol. The molecule has 0 aromatic heterocycles. The molecule has 0 spiro atoms. The fraction of sp³-hybridized carbons (Fsp3) is 0.458. The molecule has 2 fully saturated rings. The number of aliphatic hydroxyl groups is 5. The van der Waals surface area contributed by atoms with Gasteiger partial charge in [-0.05, 0) is 48.5 Å². The van der Waals surface area contributed by atoms with Gasteiger partial charge in [0.15, 0.2) is 18.0 Å². The summed E-state index contributed by atoms with van der Waals surface area (Å²) < 4.78 is 27.3. The second-order valence-corrected chi connectivity index (χ2v) is 8.77. The molecule has 13 nitrogen and oxygen atoms in total. The molecule has 7 N–H and O–H groups in total. The summed E-state index contributed by atoms with van der Waals surface area (Å²) in [6.07, 6.45) is -10.6. The molecule has 2 aliphatic rings. The predicted molar refractivity (Wildman–Crippen MR) is 120 cm³/mol. The van der Waals surface area contributed by atoms with Gasteiger partial charge in [0.25, 0.3) is 0 Å². The first kappa shape index (κ1) is 27.0. The Labute approximate surface area is 210 Å². The molecule has 0 saturated carbocycles. The minimum Gasteiger partial charge on any atom is -0.508 e. The van der Waals surface area contributed by atoms with Crippen molar-refractivity contribution in [1.29, 1.82) is 0 Å². The largest absolute Gasteiger partial charge is 0.508 e. The third kappa shape index (κ3) is 5.95. The maximum atomic E-state index is 12.2. The van der Waals surface area contributed by atoms with E-state index in [1.54, 1.807) is 0 Å². The highest BCUT2D eigenvalue weighted by molar-refractivity contribution is 5.89. The van der Waals surface area contributed by atoms with Gasteiger partial charge in [-0.25, -0.2) is 4.79 Å². The molecule has 13 heteroatoms. The van der Waals surface area contributed by atoms with Gasteiger partial charge in [-0.1, -0.05) is 0 Å². The summed E-state index contributed by atoms with van der Waals surface area (Å²) >= 11 is 0. The number of aliphatic hydroxyl groups excluding tert-OH is 4. The van der Waals surface area contributed by atoms with E-state index in [9.17, 15) is 40.5 Å². The molecule has 2 aliphatic heterocycles. The lowest BCUT2D eigenvalue weighted by atomic mass is 9.98. The number of carbonyl (C=O) groups is 1. The Kier molecular flexibility index (Phi) is 8.16. The van der Waals surface area contributed by atoms with Crippen molar-refractivity contribution in [2.45, 2.75) is 48.7 Å². The summed E-state index contributed by atoms with van der Waals surface area (Å²) in [4.78, 5) is 12.2. The van der Waals surface area contributed by atoms with Crippen molar-refractivity contribution in [3.63, 3.8) is 0 Å². The normalized spacial score (nSPS) is 33.7. The Morgan fingerprint density at radius 3 is 2.19 bits per heavy atom. The minimum atomic E-state index is -2.07. The van der Waals surface area contributed by atoms with Gasteiger partial charge in [-0.15, -0.1) is 0 Å². The third-order valence-corrected chi connectivity index (χ3v) is 6.07. The molecule has 0 aliphatic carbocycles. The topological polar surface area (TPSA) is 205 Å². The van der Waals surface area contributed by atoms with E-state index in [1.807, 2.05) is 0 Å². The second-order valence-electron chi connectivity index (χ2n) is 8.77. The SMILES string of the molecule is O=C(OCC1(O)COC(OC2C(Oc3ccc(O)cc3)OC(CO)C(O)C2O)C1O)c1ccc(O)cc1. The van der Waals surface area contributed by atoms with Crippen molar-refractivity contribution in [3.8, 4) is 17.2 Å². The van der Waals surface area contributed by atoms with Gasteiger partial charge in [-0.3, -0.25) is 0 Å². The van der Waals surface area contributed by atoms with Gasteiger partial charge >= 0.3 is 5.97 Å². The Balaban J connectivity index is 1.43. The number of esters is 1. The number of ether oxygens (including phenoxy) is 5. The highest BCUT2D eigenvalue weighted by Gasteiger charge is 2.54. The molecule has 8 unspecified atom stereocenters. The molecule has 0 amide bonds. The highest BCUT2D eigenvalue weighted by Crippen LogP contribution is 2.32. The van der Waals surface area contributed by atoms with Crippen molar-refractivity contribution in [3.05, 3.63) is 54.1 Å². The van der Waals surface area contributed by atoms with Crippen molar-refractivity contribution in [2.24, 2.45) is 0 Å². The smallest absolute Gasteiger partial charge is 0.338 e. The van der Waals surface area contributed by atoms with Crippen LogP contribution in [0.25, 0.3) is 0 Å². The zero-order valence-corrected chi connectivity index (χ0v) is 19.4. The molecular weight excluding hydrogens is 496 g/mol. The number of hydrogen-bond acceptors (Lipinski definition) is 13. The van der Waals surface area contributed by atoms with Crippen molar-refractivity contribution >= 4 is 5.97 Å². The number of hydrogen-bond donors (Lipinski definition) is 7. The first-order valence-corrected chi connectivity index (χ1v) is 11.3. The van der Waals surface area contributed by atoms with Crippen LogP contribution in [0.2, 0.25) is 0 Å². The average Bonchev–Trinajstić information content (AvgIpc) is 3.17. The lowest BCUT2D eigenvalue weighted by Crippen LogP contribution is -2.62. The predicted octanol–water partition coefficient (Wildman–Crippen LogP) is -1.39. The number of aromatic hydroxyl groups is 2. The van der Waals surface area contributed by atoms with Crippen LogP contribution >= 0.6 is 0 Å². The Bertz CT molecular complexity index is 1050. The van der Waals surface area contributed by atoms with Gasteiger partial charge in [-0.2, -0.15) is 0 Å². The van der Waals surface area contributed by atoms with Crippen molar-refractivity contribution in [1.82, 2.24) is 0 Å². The van der Waals surface area contributed by atoms with Gasteiger partial charge in [0.2, 0.25) is 6.29 Å². The molecule has 37 heavy (non-hydrogen) atoms. The molecule has 2 saturated heterocycles. The summed E-state index contributed by atoms with van der Waals surface area (Å²) in [5.41, 5.74) is -1.97. The van der Waals surface area contributed by atoms with Crippen LogP contribution in [-0.2, 0) is 18.9 Å². The van der Waals surface area contributed by atoms with Crippen LogP contribution in [0.4, 0.5) is 0 Å².